The maximum atomic E-state index is 14.3. The Labute approximate surface area is 230 Å². The van der Waals surface area contributed by atoms with Crippen LogP contribution in [0.3, 0.4) is 0 Å². The van der Waals surface area contributed by atoms with Gasteiger partial charge in [0.05, 0.1) is 18.2 Å². The average Bonchev–Trinajstić information content (AvgIpc) is 3.48. The Balaban J connectivity index is 1.19. The number of carbonyl (C=O) groups excluding carboxylic acids is 2. The Bertz CT molecular complexity index is 1200. The van der Waals surface area contributed by atoms with Crippen molar-refractivity contribution in [3.05, 3.63) is 53.6 Å². The highest BCUT2D eigenvalue weighted by atomic mass is 16.6. The molecule has 2 aromatic rings. The molecule has 3 fully saturated rings. The third-order valence-corrected chi connectivity index (χ3v) is 9.06. The monoisotopic (exact) mass is 533 g/mol. The van der Waals surface area contributed by atoms with Crippen LogP contribution in [0.1, 0.15) is 62.5 Å². The van der Waals surface area contributed by atoms with Gasteiger partial charge in [-0.25, -0.2) is 4.79 Å². The lowest BCUT2D eigenvalue weighted by molar-refractivity contribution is -0.138. The lowest BCUT2D eigenvalue weighted by atomic mass is 9.76. The molecule has 6 rings (SSSR count). The fourth-order valence-electron chi connectivity index (χ4n) is 6.97. The number of ether oxygens (including phenoxy) is 3. The van der Waals surface area contributed by atoms with Gasteiger partial charge in [-0.05, 0) is 63.7 Å². The number of methoxy groups -OCH3 is 1. The second-order valence-electron chi connectivity index (χ2n) is 11.3. The zero-order chi connectivity index (χ0) is 26.8. The van der Waals surface area contributed by atoms with Gasteiger partial charge in [0.2, 0.25) is 5.91 Å². The van der Waals surface area contributed by atoms with Crippen molar-refractivity contribution in [1.82, 2.24) is 10.2 Å². The van der Waals surface area contributed by atoms with Gasteiger partial charge in [0.25, 0.3) is 0 Å². The van der Waals surface area contributed by atoms with Crippen LogP contribution in [0.4, 0.5) is 10.5 Å². The van der Waals surface area contributed by atoms with Crippen molar-refractivity contribution >= 4 is 17.7 Å². The first-order chi connectivity index (χ1) is 19.1. The van der Waals surface area contributed by atoms with E-state index in [0.29, 0.717) is 19.7 Å². The Hall–Kier alpha value is -3.26. The number of cyclic esters (lactones) is 1. The summed E-state index contributed by atoms with van der Waals surface area (Å²) in [4.78, 5) is 30.8. The Kier molecular flexibility index (Phi) is 7.38. The van der Waals surface area contributed by atoms with Crippen molar-refractivity contribution in [1.29, 1.82) is 0 Å². The lowest BCUT2D eigenvalue weighted by Crippen LogP contribution is -2.53. The highest BCUT2D eigenvalue weighted by molar-refractivity contribution is 5.92. The third-order valence-electron chi connectivity index (χ3n) is 9.06. The molecule has 0 bridgehead atoms. The number of fused-ring (bicyclic) bond motifs is 1. The van der Waals surface area contributed by atoms with Crippen LogP contribution < -0.4 is 19.7 Å². The van der Waals surface area contributed by atoms with E-state index < -0.39 is 5.41 Å². The predicted molar refractivity (Wildman–Crippen MR) is 148 cm³/mol. The van der Waals surface area contributed by atoms with Crippen LogP contribution in [0.15, 0.2) is 42.5 Å². The average molecular weight is 534 g/mol. The number of nitrogens with one attached hydrogen (secondary N) is 1. The maximum absolute atomic E-state index is 14.3. The minimum atomic E-state index is -0.581. The van der Waals surface area contributed by atoms with Gasteiger partial charge in [0.1, 0.15) is 24.2 Å². The standard InChI is InChI=1S/C31H39N3O5/c1-37-28-20-25(39-24-10-16-32-17-11-24)8-9-26(28)31(14-4-5-15-31)29(35)33-18-12-23(13-19-33)34-27-7-3-2-6-22(27)21-38-30(34)36/h2-3,6-9,20,23-24,32H,4-5,10-19,21H2,1H3. The number of piperidine rings is 2. The first-order valence-electron chi connectivity index (χ1n) is 14.5. The quantitative estimate of drug-likeness (QED) is 0.576. The van der Waals surface area contributed by atoms with Crippen LogP contribution in [0.5, 0.6) is 11.5 Å². The zero-order valence-electron chi connectivity index (χ0n) is 22.8. The van der Waals surface area contributed by atoms with Crippen LogP contribution in [0.2, 0.25) is 0 Å². The molecule has 3 aliphatic heterocycles. The number of amides is 2. The molecule has 8 nitrogen and oxygen atoms in total. The summed E-state index contributed by atoms with van der Waals surface area (Å²) in [6, 6.07) is 14.0. The molecule has 2 aromatic carbocycles. The minimum absolute atomic E-state index is 0.0171. The number of hydrogen-bond acceptors (Lipinski definition) is 6. The molecule has 0 radical (unpaired) electrons. The zero-order valence-corrected chi connectivity index (χ0v) is 22.8. The highest BCUT2D eigenvalue weighted by Gasteiger charge is 2.48. The molecule has 0 unspecified atom stereocenters. The van der Waals surface area contributed by atoms with Crippen LogP contribution in [0, 0.1) is 0 Å². The second kappa shape index (κ2) is 11.1. The molecular formula is C31H39N3O5. The second-order valence-corrected chi connectivity index (χ2v) is 11.3. The van der Waals surface area contributed by atoms with Crippen LogP contribution in [0.25, 0.3) is 0 Å². The number of rotatable bonds is 6. The number of nitrogens with zero attached hydrogens (tertiary/aromatic N) is 2. The van der Waals surface area contributed by atoms with E-state index in [0.717, 1.165) is 92.8 Å². The summed E-state index contributed by atoms with van der Waals surface area (Å²) in [6.45, 7) is 3.50. The van der Waals surface area contributed by atoms with Gasteiger partial charge < -0.3 is 24.4 Å². The van der Waals surface area contributed by atoms with Gasteiger partial charge in [0.15, 0.2) is 0 Å². The van der Waals surface area contributed by atoms with Gasteiger partial charge in [-0.15, -0.1) is 0 Å². The number of carbonyl (C=O) groups is 2. The highest BCUT2D eigenvalue weighted by Crippen LogP contribution is 2.47. The van der Waals surface area contributed by atoms with E-state index in [1.54, 1.807) is 12.0 Å². The van der Waals surface area contributed by atoms with E-state index in [1.807, 2.05) is 41.3 Å². The summed E-state index contributed by atoms with van der Waals surface area (Å²) in [7, 11) is 1.68. The lowest BCUT2D eigenvalue weighted by Gasteiger charge is -2.42. The van der Waals surface area contributed by atoms with Crippen molar-refractivity contribution in [2.45, 2.75) is 75.5 Å². The summed E-state index contributed by atoms with van der Waals surface area (Å²) >= 11 is 0. The summed E-state index contributed by atoms with van der Waals surface area (Å²) in [5, 5.41) is 3.37. The molecule has 208 valence electrons. The first kappa shape index (κ1) is 26.0. The molecule has 1 saturated carbocycles. The van der Waals surface area contributed by atoms with Crippen LogP contribution in [-0.2, 0) is 21.6 Å². The molecule has 1 aliphatic carbocycles. The smallest absolute Gasteiger partial charge is 0.414 e. The molecule has 3 heterocycles. The van der Waals surface area contributed by atoms with Gasteiger partial charge in [-0.1, -0.05) is 37.1 Å². The third kappa shape index (κ3) is 4.95. The minimum Gasteiger partial charge on any atom is -0.496 e. The largest absolute Gasteiger partial charge is 0.496 e. The van der Waals surface area contributed by atoms with Crippen LogP contribution in [-0.4, -0.2) is 62.3 Å². The summed E-state index contributed by atoms with van der Waals surface area (Å²) < 4.78 is 17.6. The molecule has 0 spiro atoms. The SMILES string of the molecule is COc1cc(OC2CCNCC2)ccc1C1(C(=O)N2CCC(N3C(=O)OCc4ccccc43)CC2)CCCC1. The Morgan fingerprint density at radius 2 is 1.77 bits per heavy atom. The topological polar surface area (TPSA) is 80.3 Å². The summed E-state index contributed by atoms with van der Waals surface area (Å²) in [5.74, 6) is 1.72. The number of hydrogen-bond donors (Lipinski definition) is 1. The molecule has 0 aromatic heterocycles. The molecule has 0 atom stereocenters. The van der Waals surface area contributed by atoms with Crippen LogP contribution >= 0.6 is 0 Å². The molecule has 4 aliphatic rings. The predicted octanol–water partition coefficient (Wildman–Crippen LogP) is 4.79. The van der Waals surface area contributed by atoms with Gasteiger partial charge in [-0.3, -0.25) is 9.69 Å². The molecule has 2 saturated heterocycles. The number of anilines is 1. The van der Waals surface area contributed by atoms with Gasteiger partial charge in [0, 0.05) is 36.3 Å². The van der Waals surface area contributed by atoms with E-state index >= 15 is 0 Å². The van der Waals surface area contributed by atoms with Crippen molar-refractivity contribution in [2.24, 2.45) is 0 Å². The fraction of sp³-hybridized carbons (Fsp3) is 0.548. The van der Waals surface area contributed by atoms with E-state index in [1.165, 1.54) is 0 Å². The Morgan fingerprint density at radius 3 is 2.51 bits per heavy atom. The van der Waals surface area contributed by atoms with Crippen molar-refractivity contribution in [3.63, 3.8) is 0 Å². The molecule has 2 amide bonds. The molecule has 8 heteroatoms. The molecule has 39 heavy (non-hydrogen) atoms. The van der Waals surface area contributed by atoms with Gasteiger partial charge in [-0.2, -0.15) is 0 Å². The van der Waals surface area contributed by atoms with E-state index in [9.17, 15) is 9.59 Å². The normalized spacial score (nSPS) is 21.8. The summed E-state index contributed by atoms with van der Waals surface area (Å²) in [5.41, 5.74) is 2.35. The van der Waals surface area contributed by atoms with E-state index in [-0.39, 0.29) is 24.1 Å². The van der Waals surface area contributed by atoms with Crippen molar-refractivity contribution in [2.75, 3.05) is 38.2 Å². The Morgan fingerprint density at radius 1 is 1.03 bits per heavy atom. The number of benzene rings is 2. The fourth-order valence-corrected chi connectivity index (χ4v) is 6.97. The molecule has 1 N–H and O–H groups in total. The van der Waals surface area contributed by atoms with E-state index in [2.05, 4.69) is 11.4 Å². The number of para-hydroxylation sites is 1. The van der Waals surface area contributed by atoms with E-state index in [4.69, 9.17) is 14.2 Å². The first-order valence-corrected chi connectivity index (χ1v) is 14.5. The van der Waals surface area contributed by atoms with Crippen molar-refractivity contribution < 1.29 is 23.8 Å². The number of likely N-dealkylation sites (tertiary alicyclic amines) is 1. The van der Waals surface area contributed by atoms with Crippen molar-refractivity contribution in [3.8, 4) is 11.5 Å². The molecular weight excluding hydrogens is 494 g/mol. The maximum Gasteiger partial charge on any atom is 0.414 e. The van der Waals surface area contributed by atoms with Gasteiger partial charge >= 0.3 is 6.09 Å². The summed E-state index contributed by atoms with van der Waals surface area (Å²) in [6.07, 6.45) is 7.04.